The van der Waals surface area contributed by atoms with Gasteiger partial charge in [-0.1, -0.05) is 6.07 Å². The molecule has 2 aromatic rings. The molecule has 0 amide bonds. The molecule has 8 nitrogen and oxygen atoms in total. The zero-order chi connectivity index (χ0) is 15.4. The highest BCUT2D eigenvalue weighted by atomic mass is 16.6. The van der Waals surface area contributed by atoms with Crippen LogP contribution in [0.15, 0.2) is 18.2 Å². The lowest BCUT2D eigenvalue weighted by atomic mass is 10.1. The first-order valence-electron chi connectivity index (χ1n) is 6.57. The first kappa shape index (κ1) is 14.9. The van der Waals surface area contributed by atoms with E-state index in [1.807, 2.05) is 6.92 Å². The minimum atomic E-state index is -0.492. The van der Waals surface area contributed by atoms with Gasteiger partial charge in [-0.15, -0.1) is 10.2 Å². The third-order valence-corrected chi connectivity index (χ3v) is 3.01. The molecule has 0 aliphatic carbocycles. The summed E-state index contributed by atoms with van der Waals surface area (Å²) in [6, 6.07) is 4.65. The molecule has 1 aromatic heterocycles. The van der Waals surface area contributed by atoms with Crippen molar-refractivity contribution in [3.8, 4) is 17.1 Å². The number of aliphatic hydroxyl groups is 1. The Bertz CT molecular complexity index is 654. The maximum Gasteiger partial charge on any atom is 0.311 e. The Morgan fingerprint density at radius 2 is 2.14 bits per heavy atom. The standard InChI is InChI=1S/C13H16N4O4/c1-3-16-11(8-18)14-15-13(16)9-6-5-7-10(17(19)20)12(9)21-4-2/h5-7,18H,3-4,8H2,1-2H3. The number of para-hydroxylation sites is 1. The molecule has 0 spiro atoms. The number of aromatic nitrogens is 3. The molecular formula is C13H16N4O4. The van der Waals surface area contributed by atoms with E-state index in [4.69, 9.17) is 4.74 Å². The van der Waals surface area contributed by atoms with Crippen molar-refractivity contribution >= 4 is 5.69 Å². The Kier molecular flexibility index (Phi) is 4.49. The second kappa shape index (κ2) is 6.31. The topological polar surface area (TPSA) is 103 Å². The molecular weight excluding hydrogens is 276 g/mol. The minimum absolute atomic E-state index is 0.120. The SMILES string of the molecule is CCOc1c(-c2nnc(CO)n2CC)cccc1[N+](=O)[O-]. The smallest absolute Gasteiger partial charge is 0.311 e. The second-order valence-corrected chi connectivity index (χ2v) is 4.19. The Labute approximate surface area is 121 Å². The highest BCUT2D eigenvalue weighted by Gasteiger charge is 2.23. The Hall–Kier alpha value is -2.48. The molecule has 1 aromatic carbocycles. The van der Waals surface area contributed by atoms with Gasteiger partial charge in [0.2, 0.25) is 5.75 Å². The highest BCUT2D eigenvalue weighted by molar-refractivity contribution is 5.71. The average molecular weight is 292 g/mol. The normalized spacial score (nSPS) is 10.6. The molecule has 1 N–H and O–H groups in total. The fraction of sp³-hybridized carbons (Fsp3) is 0.385. The summed E-state index contributed by atoms with van der Waals surface area (Å²) in [5.74, 6) is 1.01. The van der Waals surface area contributed by atoms with Gasteiger partial charge >= 0.3 is 5.69 Å². The molecule has 8 heteroatoms. The lowest BCUT2D eigenvalue weighted by Crippen LogP contribution is -2.05. The zero-order valence-electron chi connectivity index (χ0n) is 11.8. The molecule has 112 valence electrons. The molecule has 0 aliphatic rings. The molecule has 0 saturated carbocycles. The number of aliphatic hydroxyl groups excluding tert-OH is 1. The summed E-state index contributed by atoms with van der Waals surface area (Å²) in [7, 11) is 0. The summed E-state index contributed by atoms with van der Waals surface area (Å²) >= 11 is 0. The zero-order valence-corrected chi connectivity index (χ0v) is 11.8. The van der Waals surface area contributed by atoms with E-state index < -0.39 is 4.92 Å². The van der Waals surface area contributed by atoms with Gasteiger partial charge in [0, 0.05) is 12.6 Å². The van der Waals surface area contributed by atoms with E-state index in [0.29, 0.717) is 30.4 Å². The number of nitrogens with zero attached hydrogens (tertiary/aromatic N) is 4. The van der Waals surface area contributed by atoms with Crippen molar-refractivity contribution in [3.05, 3.63) is 34.1 Å². The summed E-state index contributed by atoms with van der Waals surface area (Å²) in [5.41, 5.74) is 0.366. The summed E-state index contributed by atoms with van der Waals surface area (Å²) in [6.07, 6.45) is 0. The number of nitro benzene ring substituents is 1. The highest BCUT2D eigenvalue weighted by Crippen LogP contribution is 2.37. The van der Waals surface area contributed by atoms with Crippen LogP contribution in [-0.4, -0.2) is 31.4 Å². The van der Waals surface area contributed by atoms with Crippen molar-refractivity contribution in [1.82, 2.24) is 14.8 Å². The molecule has 0 atom stereocenters. The lowest BCUT2D eigenvalue weighted by Gasteiger charge is -2.11. The Morgan fingerprint density at radius 3 is 2.71 bits per heavy atom. The van der Waals surface area contributed by atoms with Gasteiger partial charge in [0.15, 0.2) is 11.6 Å². The van der Waals surface area contributed by atoms with E-state index in [-0.39, 0.29) is 18.0 Å². The van der Waals surface area contributed by atoms with E-state index in [9.17, 15) is 15.2 Å². The van der Waals surface area contributed by atoms with Crippen LogP contribution in [0.4, 0.5) is 5.69 Å². The fourth-order valence-corrected chi connectivity index (χ4v) is 2.12. The first-order valence-corrected chi connectivity index (χ1v) is 6.57. The van der Waals surface area contributed by atoms with Crippen LogP contribution < -0.4 is 4.74 Å². The van der Waals surface area contributed by atoms with Gasteiger partial charge in [-0.2, -0.15) is 0 Å². The van der Waals surface area contributed by atoms with Crippen molar-refractivity contribution in [1.29, 1.82) is 0 Å². The van der Waals surface area contributed by atoms with Crippen molar-refractivity contribution in [2.75, 3.05) is 6.61 Å². The maximum atomic E-state index is 11.1. The van der Waals surface area contributed by atoms with Crippen LogP contribution >= 0.6 is 0 Å². The average Bonchev–Trinajstić information content (AvgIpc) is 2.90. The van der Waals surface area contributed by atoms with Crippen LogP contribution in [0.2, 0.25) is 0 Å². The van der Waals surface area contributed by atoms with E-state index in [0.717, 1.165) is 0 Å². The summed E-state index contributed by atoms with van der Waals surface area (Å²) in [5, 5.41) is 28.3. The molecule has 21 heavy (non-hydrogen) atoms. The number of ether oxygens (including phenoxy) is 1. The number of benzene rings is 1. The van der Waals surface area contributed by atoms with Gasteiger partial charge in [-0.25, -0.2) is 0 Å². The number of rotatable bonds is 6. The van der Waals surface area contributed by atoms with E-state index >= 15 is 0 Å². The van der Waals surface area contributed by atoms with Crippen molar-refractivity contribution in [2.24, 2.45) is 0 Å². The predicted molar refractivity (Wildman–Crippen MR) is 74.9 cm³/mol. The van der Waals surface area contributed by atoms with Gasteiger partial charge in [0.1, 0.15) is 6.61 Å². The summed E-state index contributed by atoms with van der Waals surface area (Å²) < 4.78 is 7.14. The quantitative estimate of drug-likeness (QED) is 0.642. The minimum Gasteiger partial charge on any atom is -0.487 e. The van der Waals surface area contributed by atoms with Crippen molar-refractivity contribution in [3.63, 3.8) is 0 Å². The number of hydrogen-bond acceptors (Lipinski definition) is 6. The fourth-order valence-electron chi connectivity index (χ4n) is 2.12. The van der Waals surface area contributed by atoms with E-state index in [1.165, 1.54) is 6.07 Å². The Morgan fingerprint density at radius 1 is 1.38 bits per heavy atom. The van der Waals surface area contributed by atoms with Crippen LogP contribution in [0.1, 0.15) is 19.7 Å². The van der Waals surface area contributed by atoms with Gasteiger partial charge in [-0.05, 0) is 19.9 Å². The third kappa shape index (κ3) is 2.70. The molecule has 0 bridgehead atoms. The van der Waals surface area contributed by atoms with Crippen LogP contribution in [-0.2, 0) is 13.2 Å². The summed E-state index contributed by atoms with van der Waals surface area (Å²) in [4.78, 5) is 10.6. The molecule has 0 fully saturated rings. The van der Waals surface area contributed by atoms with Crippen LogP contribution in [0.25, 0.3) is 11.4 Å². The van der Waals surface area contributed by atoms with Gasteiger partial charge in [-0.3, -0.25) is 10.1 Å². The van der Waals surface area contributed by atoms with E-state index in [2.05, 4.69) is 10.2 Å². The van der Waals surface area contributed by atoms with Gasteiger partial charge in [0.25, 0.3) is 0 Å². The molecule has 0 unspecified atom stereocenters. The Balaban J connectivity index is 2.66. The summed E-state index contributed by atoms with van der Waals surface area (Å²) in [6.45, 7) is 4.21. The monoisotopic (exact) mass is 292 g/mol. The van der Waals surface area contributed by atoms with Crippen LogP contribution in [0.5, 0.6) is 5.75 Å². The maximum absolute atomic E-state index is 11.1. The third-order valence-electron chi connectivity index (χ3n) is 3.01. The molecule has 1 heterocycles. The lowest BCUT2D eigenvalue weighted by molar-refractivity contribution is -0.385. The van der Waals surface area contributed by atoms with Gasteiger partial charge in [0.05, 0.1) is 17.1 Å². The van der Waals surface area contributed by atoms with Crippen molar-refractivity contribution < 1.29 is 14.8 Å². The van der Waals surface area contributed by atoms with Gasteiger partial charge < -0.3 is 14.4 Å². The molecule has 2 rings (SSSR count). The number of hydrogen-bond donors (Lipinski definition) is 1. The van der Waals surface area contributed by atoms with Crippen LogP contribution in [0.3, 0.4) is 0 Å². The molecule has 0 radical (unpaired) electrons. The largest absolute Gasteiger partial charge is 0.487 e. The van der Waals surface area contributed by atoms with E-state index in [1.54, 1.807) is 23.6 Å². The second-order valence-electron chi connectivity index (χ2n) is 4.19. The van der Waals surface area contributed by atoms with Crippen LogP contribution in [0, 0.1) is 10.1 Å². The number of nitro groups is 1. The predicted octanol–water partition coefficient (Wildman–Crippen LogP) is 1.76. The first-order chi connectivity index (χ1) is 10.1. The molecule has 0 aliphatic heterocycles. The van der Waals surface area contributed by atoms with Crippen molar-refractivity contribution in [2.45, 2.75) is 27.0 Å². The molecule has 0 saturated heterocycles.